The molecule has 0 spiro atoms. The number of rotatable bonds is 12. The average Bonchev–Trinajstić information content (AvgIpc) is 3.92. The third-order valence-electron chi connectivity index (χ3n) is 5.35. The van der Waals surface area contributed by atoms with E-state index in [-0.39, 0.29) is 94.6 Å². The van der Waals surface area contributed by atoms with Crippen LogP contribution in [-0.4, -0.2) is 109 Å². The van der Waals surface area contributed by atoms with Gasteiger partial charge in [0.15, 0.2) is 0 Å². The van der Waals surface area contributed by atoms with Gasteiger partial charge in [0.1, 0.15) is 0 Å². The van der Waals surface area contributed by atoms with Gasteiger partial charge in [0.25, 0.3) is 0 Å². The first-order valence-electron chi connectivity index (χ1n) is 13.9. The molecule has 0 bridgehead atoms. The maximum absolute atomic E-state index is 11.8. The molecule has 0 saturated heterocycles. The first kappa shape index (κ1) is 53.4. The molecule has 4 heterocycles. The second-order valence-corrected chi connectivity index (χ2v) is 13.4. The predicted molar refractivity (Wildman–Crippen MR) is 191 cm³/mol. The van der Waals surface area contributed by atoms with Gasteiger partial charge in [-0.15, -0.1) is 24.3 Å². The maximum atomic E-state index is 11.8. The van der Waals surface area contributed by atoms with Crippen molar-refractivity contribution in [2.45, 2.75) is 24.7 Å². The summed E-state index contributed by atoms with van der Waals surface area (Å²) < 4.78 is 142. The van der Waals surface area contributed by atoms with Gasteiger partial charge in [-0.1, -0.05) is 24.3 Å². The molecule has 57 heavy (non-hydrogen) atoms. The molecule has 0 aliphatic heterocycles. The third-order valence-corrected chi connectivity index (χ3v) is 8.92. The second kappa shape index (κ2) is 23.7. The summed E-state index contributed by atoms with van der Waals surface area (Å²) in [6.07, 6.45) is -18.2. The Bertz CT molecular complexity index is 1650. The van der Waals surface area contributed by atoms with Gasteiger partial charge in [0, 0.05) is 25.7 Å². The molecule has 8 N–H and O–H groups in total. The number of thiophene rings is 4. The predicted octanol–water partition coefficient (Wildman–Crippen LogP) is 7.81. The molecular weight excluding hydrogens is 1020 g/mol. The minimum atomic E-state index is -4.83. The van der Waals surface area contributed by atoms with Crippen LogP contribution in [0.1, 0.15) is 19.5 Å². The zero-order valence-electron chi connectivity index (χ0n) is 27.4. The Morgan fingerprint density at radius 1 is 0.351 bits per heavy atom. The van der Waals surface area contributed by atoms with E-state index >= 15 is 0 Å². The maximum Gasteiger partial charge on any atom is 3.00 e. The molecule has 0 unspecified atom stereocenters. The molecule has 8 nitrogen and oxygen atoms in total. The zero-order chi connectivity index (χ0) is 43.1. The summed E-state index contributed by atoms with van der Waals surface area (Å²) in [4.78, 5) is 71.7. The fourth-order valence-corrected chi connectivity index (χ4v) is 5.39. The number of carbonyl (C=O) groups excluding carboxylic acids is 8. The zero-order valence-corrected chi connectivity index (χ0v) is 33.1. The topological polar surface area (TPSA) is 171 Å². The van der Waals surface area contributed by atoms with Gasteiger partial charge in [-0.05, 0) is 41.0 Å². The van der Waals surface area contributed by atoms with Crippen LogP contribution in [-0.2, 0) is 0 Å². The normalized spacial score (nSPS) is 10.9. The van der Waals surface area contributed by atoms with Crippen LogP contribution in [0, 0.1) is 75.1 Å². The van der Waals surface area contributed by atoms with Crippen LogP contribution < -0.4 is 0 Å². The fraction of sp³-hybridized carbons (Fsp3) is 0.125. The number of hydrogen-bond acceptors (Lipinski definition) is 4. The number of hydrogen-bond donors (Lipinski definition) is 0. The summed E-state index contributed by atoms with van der Waals surface area (Å²) in [5.74, 6) is -9.67. The molecule has 25 heteroatoms. The quantitative estimate of drug-likeness (QED) is 0.0444. The van der Waals surface area contributed by atoms with Crippen LogP contribution >= 0.6 is 45.3 Å². The van der Waals surface area contributed by atoms with Gasteiger partial charge in [-0.2, -0.15) is 52.7 Å². The molecule has 4 rings (SSSR count). The van der Waals surface area contributed by atoms with Crippen LogP contribution in [0.4, 0.5) is 52.7 Å². The van der Waals surface area contributed by atoms with E-state index in [0.29, 0.717) is 0 Å². The van der Waals surface area contributed by atoms with Crippen molar-refractivity contribution in [1.82, 2.24) is 0 Å². The van der Waals surface area contributed by atoms with Crippen LogP contribution in [0.15, 0.2) is 70.1 Å². The number of alkyl halides is 12. The molecule has 0 amide bonds. The Kier molecular flexibility index (Phi) is 22.2. The minimum Gasteiger partial charge on any atom is -0.312 e. The van der Waals surface area contributed by atoms with Crippen LogP contribution in [0.3, 0.4) is 0 Å². The van der Waals surface area contributed by atoms with Crippen molar-refractivity contribution in [3.05, 3.63) is 115 Å². The third kappa shape index (κ3) is 20.6. The first-order valence-corrected chi connectivity index (χ1v) is 17.5. The van der Waals surface area contributed by atoms with E-state index < -0.39 is 71.0 Å². The van der Waals surface area contributed by atoms with E-state index in [2.05, 4.69) is 0 Å². The molecule has 0 atom stereocenters. The minimum absolute atomic E-state index is 0. The molecule has 0 saturated carbocycles. The Balaban J connectivity index is 0.000000729. The van der Waals surface area contributed by atoms with E-state index in [9.17, 15) is 52.7 Å². The van der Waals surface area contributed by atoms with Crippen molar-refractivity contribution in [3.63, 3.8) is 0 Å². The van der Waals surface area contributed by atoms with E-state index in [1.807, 2.05) is 0 Å². The van der Waals surface area contributed by atoms with Crippen molar-refractivity contribution in [2.75, 3.05) is 0 Å². The van der Waals surface area contributed by atoms with E-state index in [1.54, 1.807) is 45.8 Å². The first-order chi connectivity index (χ1) is 25.6. The SMILES string of the molecule is [Eu+3].[OH+]=C([CH-]C(=[OH+])C(F)(F)F)c1cccs1.[OH+]=C([CH-]C(=[OH+])C(F)(F)F)c1cccs1.[OH+]=C([CH-]C(=[OH+])C(F)(F)F)c1cccs1.[OH+]=C([CH-]C(=[OH+])C(F)(F)F)c1cccs1. The standard InChI is InChI=1S/4C8H4F3O2S.Eu/c4*9-8(10,11)7(13)4-5(12)6-2-1-3-14-6;/h4*1-4H;/q4*-1;+3/p+8. The van der Waals surface area contributed by atoms with Gasteiger partial charge < -0.3 is 19.2 Å². The molecule has 4 aromatic heterocycles. The fourth-order valence-electron chi connectivity index (χ4n) is 2.83. The average molecular weight is 1040 g/mol. The molecule has 4 aromatic rings. The van der Waals surface area contributed by atoms with Crippen LogP contribution in [0.2, 0.25) is 0 Å². The van der Waals surface area contributed by atoms with E-state index in [4.69, 9.17) is 38.4 Å². The Morgan fingerprint density at radius 2 is 0.509 bits per heavy atom. The molecular formula is C32H24EuF12O8S4+7. The Labute approximate surface area is 368 Å². The van der Waals surface area contributed by atoms with Gasteiger partial charge in [-0.3, -0.25) is 19.2 Å². The molecule has 0 fully saturated rings. The summed E-state index contributed by atoms with van der Waals surface area (Å²) in [5, 5.41) is 6.40. The van der Waals surface area contributed by atoms with Gasteiger partial charge >= 0.3 is 97.2 Å². The van der Waals surface area contributed by atoms with Crippen molar-refractivity contribution in [2.24, 2.45) is 0 Å². The van der Waals surface area contributed by atoms with Crippen LogP contribution in [0.5, 0.6) is 0 Å². The van der Waals surface area contributed by atoms with Gasteiger partial charge in [0.2, 0.25) is 23.1 Å². The molecule has 0 aliphatic carbocycles. The summed E-state index contributed by atoms with van der Waals surface area (Å²) in [6.45, 7) is 0. The van der Waals surface area contributed by atoms with Crippen molar-refractivity contribution in [1.29, 1.82) is 0 Å². The van der Waals surface area contributed by atoms with Crippen molar-refractivity contribution < 1.29 is 140 Å². The van der Waals surface area contributed by atoms with Crippen molar-refractivity contribution in [3.8, 4) is 0 Å². The number of halogens is 12. The number of ketones is 8. The monoisotopic (exact) mass is 1040 g/mol. The second-order valence-electron chi connectivity index (χ2n) is 9.56. The Hall–Kier alpha value is -3.62. The van der Waals surface area contributed by atoms with Crippen molar-refractivity contribution >= 4 is 91.6 Å². The van der Waals surface area contributed by atoms with E-state index in [1.165, 1.54) is 24.3 Å². The molecule has 308 valence electrons. The summed E-state index contributed by atoms with van der Waals surface area (Å²) >= 11 is 4.29. The van der Waals surface area contributed by atoms with Crippen LogP contribution in [0.25, 0.3) is 0 Å². The van der Waals surface area contributed by atoms with E-state index in [0.717, 1.165) is 45.3 Å². The summed E-state index contributed by atoms with van der Waals surface area (Å²) in [5.41, 5.74) is 0. The van der Waals surface area contributed by atoms with Gasteiger partial charge in [0.05, 0.1) is 0 Å². The molecule has 0 aromatic carbocycles. The smallest absolute Gasteiger partial charge is 0.312 e. The van der Waals surface area contributed by atoms with Gasteiger partial charge in [-0.25, -0.2) is 45.3 Å². The molecule has 0 radical (unpaired) electrons. The summed E-state index contributed by atoms with van der Waals surface area (Å²) in [7, 11) is 0. The largest absolute Gasteiger partial charge is 3.00 e. The summed E-state index contributed by atoms with van der Waals surface area (Å²) in [6, 6.07) is 12.1. The Morgan fingerprint density at radius 3 is 0.614 bits per heavy atom. The molecule has 0 aliphatic rings.